The van der Waals surface area contributed by atoms with Crippen LogP contribution >= 0.6 is 11.8 Å². The second-order valence-electron chi connectivity index (χ2n) is 7.79. The van der Waals surface area contributed by atoms with Gasteiger partial charge in [-0.05, 0) is 43.3 Å². The number of rotatable bonds is 9. The molecule has 0 saturated carbocycles. The van der Waals surface area contributed by atoms with Gasteiger partial charge in [-0.15, -0.1) is 10.2 Å². The average Bonchev–Trinajstić information content (AvgIpc) is 3.24. The minimum atomic E-state index is -0.345. The highest BCUT2D eigenvalue weighted by Gasteiger charge is 2.19. The van der Waals surface area contributed by atoms with Gasteiger partial charge in [0.25, 0.3) is 0 Å². The van der Waals surface area contributed by atoms with Crippen LogP contribution in [0.1, 0.15) is 18.9 Å². The molecule has 1 aromatic heterocycles. The third-order valence-corrected chi connectivity index (χ3v) is 6.48. The quantitative estimate of drug-likeness (QED) is 0.462. The fourth-order valence-corrected chi connectivity index (χ4v) is 4.39. The molecule has 3 aromatic rings. The Morgan fingerprint density at radius 3 is 2.53 bits per heavy atom. The highest BCUT2D eigenvalue weighted by molar-refractivity contribution is 7.99. The molecule has 0 bridgehead atoms. The summed E-state index contributed by atoms with van der Waals surface area (Å²) in [7, 11) is 3.47. The van der Waals surface area contributed by atoms with Gasteiger partial charge in [-0.1, -0.05) is 23.9 Å². The summed E-state index contributed by atoms with van der Waals surface area (Å²) in [5, 5.41) is 12.1. The summed E-state index contributed by atoms with van der Waals surface area (Å²) in [5.41, 5.74) is 1.90. The number of methoxy groups -OCH3 is 1. The topological polar surface area (TPSA) is 90.7 Å². The number of anilines is 2. The van der Waals surface area contributed by atoms with Crippen LogP contribution in [0.15, 0.2) is 53.7 Å². The van der Waals surface area contributed by atoms with E-state index in [2.05, 4.69) is 20.4 Å². The van der Waals surface area contributed by atoms with Crippen molar-refractivity contribution in [2.75, 3.05) is 49.4 Å². The lowest BCUT2D eigenvalue weighted by molar-refractivity contribution is -0.113. The van der Waals surface area contributed by atoms with Crippen molar-refractivity contribution >= 4 is 29.0 Å². The van der Waals surface area contributed by atoms with Gasteiger partial charge in [-0.3, -0.25) is 4.79 Å². The van der Waals surface area contributed by atoms with Crippen LogP contribution in [0.5, 0.6) is 11.5 Å². The normalized spacial score (nSPS) is 14.5. The number of amides is 1. The van der Waals surface area contributed by atoms with E-state index >= 15 is 0 Å². The van der Waals surface area contributed by atoms with Gasteiger partial charge in [0.05, 0.1) is 26.1 Å². The van der Waals surface area contributed by atoms with Crippen molar-refractivity contribution in [3.63, 3.8) is 0 Å². The molecule has 1 amide bonds. The Morgan fingerprint density at radius 2 is 1.82 bits per heavy atom. The zero-order chi connectivity index (χ0) is 23.9. The molecule has 0 spiro atoms. The number of para-hydroxylation sites is 2. The van der Waals surface area contributed by atoms with E-state index in [0.29, 0.717) is 22.5 Å². The average molecular weight is 484 g/mol. The molecule has 0 radical (unpaired) electrons. The van der Waals surface area contributed by atoms with Gasteiger partial charge in [0.1, 0.15) is 0 Å². The van der Waals surface area contributed by atoms with Crippen molar-refractivity contribution < 1.29 is 19.0 Å². The van der Waals surface area contributed by atoms with E-state index < -0.39 is 0 Å². The number of benzene rings is 2. The molecule has 1 N–H and O–H groups in total. The Morgan fingerprint density at radius 1 is 1.12 bits per heavy atom. The summed E-state index contributed by atoms with van der Waals surface area (Å²) in [4.78, 5) is 14.8. The predicted octanol–water partition coefficient (Wildman–Crippen LogP) is 3.53. The summed E-state index contributed by atoms with van der Waals surface area (Å²) >= 11 is 1.33. The number of carbonyl (C=O) groups excluding carboxylic acids is 1. The van der Waals surface area contributed by atoms with E-state index in [-0.39, 0.29) is 17.8 Å². The first-order valence-electron chi connectivity index (χ1n) is 11.1. The Balaban J connectivity index is 1.30. The lowest BCUT2D eigenvalue weighted by Crippen LogP contribution is -2.36. The monoisotopic (exact) mass is 483 g/mol. The van der Waals surface area contributed by atoms with E-state index in [1.54, 1.807) is 7.11 Å². The molecule has 0 aliphatic carbocycles. The van der Waals surface area contributed by atoms with Crippen molar-refractivity contribution in [1.82, 2.24) is 14.8 Å². The number of hydrogen-bond donors (Lipinski definition) is 1. The van der Waals surface area contributed by atoms with Crippen LogP contribution in [-0.2, 0) is 16.6 Å². The molecule has 1 aliphatic rings. The number of morpholine rings is 1. The van der Waals surface area contributed by atoms with E-state index in [9.17, 15) is 4.79 Å². The molecule has 1 unspecified atom stereocenters. The van der Waals surface area contributed by atoms with Crippen LogP contribution < -0.4 is 19.7 Å². The summed E-state index contributed by atoms with van der Waals surface area (Å²) in [6.45, 7) is 5.14. The van der Waals surface area contributed by atoms with Gasteiger partial charge in [0, 0.05) is 31.5 Å². The smallest absolute Gasteiger partial charge is 0.234 e. The van der Waals surface area contributed by atoms with Crippen molar-refractivity contribution in [1.29, 1.82) is 0 Å². The van der Waals surface area contributed by atoms with Gasteiger partial charge < -0.3 is 29.0 Å². The first-order chi connectivity index (χ1) is 16.5. The minimum absolute atomic E-state index is 0.105. The van der Waals surface area contributed by atoms with Gasteiger partial charge in [-0.25, -0.2) is 0 Å². The maximum Gasteiger partial charge on any atom is 0.234 e. The van der Waals surface area contributed by atoms with E-state index in [1.807, 2.05) is 67.1 Å². The van der Waals surface area contributed by atoms with Gasteiger partial charge in [-0.2, -0.15) is 0 Å². The second kappa shape index (κ2) is 11.3. The molecular weight excluding hydrogens is 454 g/mol. The molecule has 2 heterocycles. The molecule has 2 aromatic carbocycles. The zero-order valence-electron chi connectivity index (χ0n) is 19.6. The largest absolute Gasteiger partial charge is 0.493 e. The number of thioether (sulfide) groups is 1. The fraction of sp³-hybridized carbons (Fsp3) is 0.375. The molecule has 1 aliphatic heterocycles. The number of hydrogen-bond acceptors (Lipinski definition) is 8. The molecular formula is C24H29N5O4S. The first kappa shape index (κ1) is 23.9. The number of carbonyl (C=O) groups is 1. The number of nitrogens with zero attached hydrogens (tertiary/aromatic N) is 4. The molecule has 1 atom stereocenters. The summed E-state index contributed by atoms with van der Waals surface area (Å²) < 4.78 is 18.6. The molecule has 1 saturated heterocycles. The second-order valence-corrected chi connectivity index (χ2v) is 8.74. The van der Waals surface area contributed by atoms with Crippen molar-refractivity contribution in [3.8, 4) is 11.5 Å². The maximum absolute atomic E-state index is 12.5. The van der Waals surface area contributed by atoms with Crippen LogP contribution in [0.2, 0.25) is 0 Å². The summed E-state index contributed by atoms with van der Waals surface area (Å²) in [6, 6.07) is 15.3. The van der Waals surface area contributed by atoms with Crippen molar-refractivity contribution in [2.45, 2.75) is 18.2 Å². The maximum atomic E-state index is 12.5. The third-order valence-electron chi connectivity index (χ3n) is 5.46. The van der Waals surface area contributed by atoms with E-state index in [4.69, 9.17) is 14.2 Å². The van der Waals surface area contributed by atoms with Crippen LogP contribution in [-0.4, -0.2) is 59.8 Å². The summed E-state index contributed by atoms with van der Waals surface area (Å²) in [6.07, 6.45) is -0.345. The molecule has 10 heteroatoms. The zero-order valence-corrected chi connectivity index (χ0v) is 20.4. The molecule has 34 heavy (non-hydrogen) atoms. The Bertz CT molecular complexity index is 1100. The van der Waals surface area contributed by atoms with Crippen LogP contribution in [0.3, 0.4) is 0 Å². The number of nitrogens with one attached hydrogen (secondary N) is 1. The van der Waals surface area contributed by atoms with Crippen molar-refractivity contribution in [2.24, 2.45) is 7.05 Å². The Hall–Kier alpha value is -3.24. The summed E-state index contributed by atoms with van der Waals surface area (Å²) in [5.74, 6) is 2.06. The molecule has 180 valence electrons. The van der Waals surface area contributed by atoms with Gasteiger partial charge in [0.15, 0.2) is 28.6 Å². The van der Waals surface area contributed by atoms with Gasteiger partial charge in [0.2, 0.25) is 5.91 Å². The van der Waals surface area contributed by atoms with Crippen LogP contribution in [0.25, 0.3) is 0 Å². The lowest BCUT2D eigenvalue weighted by Gasteiger charge is -2.28. The standard InChI is InChI=1S/C24H29N5O4S/c1-17(33-21-7-5-4-6-20(21)31-3)23-26-27-24(28(23)2)34-16-22(30)25-18-8-10-19(11-9-18)29-12-14-32-15-13-29/h4-11,17H,12-16H2,1-3H3,(H,25,30). The fourth-order valence-electron chi connectivity index (χ4n) is 3.67. The SMILES string of the molecule is COc1ccccc1OC(C)c1nnc(SCC(=O)Nc2ccc(N3CCOCC3)cc2)n1C. The Labute approximate surface area is 203 Å². The molecule has 4 rings (SSSR count). The lowest BCUT2D eigenvalue weighted by atomic mass is 10.2. The van der Waals surface area contributed by atoms with Crippen LogP contribution in [0, 0.1) is 0 Å². The molecule has 1 fully saturated rings. The molecule has 9 nitrogen and oxygen atoms in total. The highest BCUT2D eigenvalue weighted by Crippen LogP contribution is 2.30. The Kier molecular flexibility index (Phi) is 7.91. The van der Waals surface area contributed by atoms with Crippen LogP contribution in [0.4, 0.5) is 11.4 Å². The third kappa shape index (κ3) is 5.81. The number of ether oxygens (including phenoxy) is 3. The van der Waals surface area contributed by atoms with E-state index in [0.717, 1.165) is 37.7 Å². The minimum Gasteiger partial charge on any atom is -0.493 e. The highest BCUT2D eigenvalue weighted by atomic mass is 32.2. The van der Waals surface area contributed by atoms with Crippen molar-refractivity contribution in [3.05, 3.63) is 54.4 Å². The predicted molar refractivity (Wildman–Crippen MR) is 132 cm³/mol. The van der Waals surface area contributed by atoms with Gasteiger partial charge >= 0.3 is 0 Å². The first-order valence-corrected chi connectivity index (χ1v) is 12.1. The number of aromatic nitrogens is 3. The van der Waals surface area contributed by atoms with E-state index in [1.165, 1.54) is 11.8 Å².